The van der Waals surface area contributed by atoms with Crippen LogP contribution in [0.1, 0.15) is 32.3 Å². The van der Waals surface area contributed by atoms with Crippen LogP contribution >= 0.6 is 0 Å². The van der Waals surface area contributed by atoms with E-state index < -0.39 is 11.6 Å². The quantitative estimate of drug-likeness (QED) is 0.271. The largest absolute Gasteiger partial charge is 0.489 e. The van der Waals surface area contributed by atoms with E-state index in [1.807, 2.05) is 45.0 Å². The first-order valence-electron chi connectivity index (χ1n) is 13.0. The van der Waals surface area contributed by atoms with Gasteiger partial charge in [-0.25, -0.2) is 4.79 Å². The molecule has 0 saturated heterocycles. The molecule has 1 saturated carbocycles. The highest BCUT2D eigenvalue weighted by Gasteiger charge is 2.28. The van der Waals surface area contributed by atoms with Crippen molar-refractivity contribution in [3.63, 3.8) is 0 Å². The molecular formula is C30H33NO8. The number of hydrogen-bond donors (Lipinski definition) is 1. The molecule has 1 aliphatic heterocycles. The van der Waals surface area contributed by atoms with Crippen LogP contribution in [-0.4, -0.2) is 62.0 Å². The van der Waals surface area contributed by atoms with E-state index in [-0.39, 0.29) is 23.2 Å². The van der Waals surface area contributed by atoms with Gasteiger partial charge in [0.15, 0.2) is 11.5 Å². The molecular weight excluding hydrogens is 502 g/mol. The number of aliphatic carboxylic acids is 1. The fourth-order valence-electron chi connectivity index (χ4n) is 4.31. The highest BCUT2D eigenvalue weighted by atomic mass is 16.5. The lowest BCUT2D eigenvalue weighted by Gasteiger charge is -2.29. The fraction of sp³-hybridized carbons (Fsp3) is 0.400. The summed E-state index contributed by atoms with van der Waals surface area (Å²) in [5.74, 6) is 1.23. The molecule has 39 heavy (non-hydrogen) atoms. The Morgan fingerprint density at radius 3 is 2.62 bits per heavy atom. The number of nitrogens with zero attached hydrogens (tertiary/aromatic N) is 1. The fourth-order valence-corrected chi connectivity index (χ4v) is 4.31. The van der Waals surface area contributed by atoms with Gasteiger partial charge in [-0.05, 0) is 71.0 Å². The summed E-state index contributed by atoms with van der Waals surface area (Å²) < 4.78 is 30.5. The zero-order valence-electron chi connectivity index (χ0n) is 22.6. The molecule has 3 aromatic rings. The van der Waals surface area contributed by atoms with Crippen LogP contribution < -0.4 is 24.4 Å². The summed E-state index contributed by atoms with van der Waals surface area (Å²) in [6, 6.07) is 5.08. The second-order valence-corrected chi connectivity index (χ2v) is 10.7. The molecule has 0 radical (unpaired) electrons. The first-order valence-corrected chi connectivity index (χ1v) is 13.0. The Bertz CT molecular complexity index is 1530. The molecule has 0 unspecified atom stereocenters. The van der Waals surface area contributed by atoms with Gasteiger partial charge in [-0.15, -0.1) is 0 Å². The molecule has 1 N–H and O–H groups in total. The highest BCUT2D eigenvalue weighted by molar-refractivity contribution is 5.98. The zero-order chi connectivity index (χ0) is 27.7. The number of fused-ring (bicyclic) bond motifs is 3. The average Bonchev–Trinajstić information content (AvgIpc) is 3.68. The van der Waals surface area contributed by atoms with Gasteiger partial charge in [-0.2, -0.15) is 0 Å². The molecule has 0 bridgehead atoms. The summed E-state index contributed by atoms with van der Waals surface area (Å²) in [4.78, 5) is 26.9. The van der Waals surface area contributed by atoms with Crippen molar-refractivity contribution in [2.45, 2.75) is 32.3 Å². The summed E-state index contributed by atoms with van der Waals surface area (Å²) in [5.41, 5.74) is 0.380. The van der Waals surface area contributed by atoms with Crippen LogP contribution in [0.2, 0.25) is 0 Å². The van der Waals surface area contributed by atoms with Crippen LogP contribution in [0.3, 0.4) is 0 Å². The third-order valence-corrected chi connectivity index (χ3v) is 6.56. The van der Waals surface area contributed by atoms with Crippen LogP contribution in [0.15, 0.2) is 45.6 Å². The number of carbonyl (C=O) groups is 1. The van der Waals surface area contributed by atoms with Gasteiger partial charge < -0.3 is 33.4 Å². The zero-order valence-corrected chi connectivity index (χ0v) is 22.6. The van der Waals surface area contributed by atoms with E-state index in [0.29, 0.717) is 65.0 Å². The SMILES string of the molecule is CN(C)CCOc1cc2c(=O)c3c(OCC=CC(=O)O)c4c(cc3oc2cc1OCC1CC1)OC(C)(C)C=C4. The average molecular weight is 536 g/mol. The molecule has 206 valence electrons. The molecule has 1 aromatic heterocycles. The molecule has 2 heterocycles. The Morgan fingerprint density at radius 1 is 1.13 bits per heavy atom. The number of rotatable bonds is 11. The molecule has 9 heteroatoms. The van der Waals surface area contributed by atoms with E-state index in [4.69, 9.17) is 28.5 Å². The molecule has 2 aromatic carbocycles. The smallest absolute Gasteiger partial charge is 0.328 e. The third kappa shape index (κ3) is 6.04. The Kier molecular flexibility index (Phi) is 7.27. The van der Waals surface area contributed by atoms with Gasteiger partial charge in [0, 0.05) is 24.8 Å². The van der Waals surface area contributed by atoms with Crippen molar-refractivity contribution in [2.75, 3.05) is 40.5 Å². The van der Waals surface area contributed by atoms with Crippen molar-refractivity contribution in [3.05, 3.63) is 52.2 Å². The van der Waals surface area contributed by atoms with Gasteiger partial charge in [0.05, 0.1) is 17.6 Å². The van der Waals surface area contributed by atoms with Gasteiger partial charge in [0.25, 0.3) is 0 Å². The minimum absolute atomic E-state index is 0.0561. The summed E-state index contributed by atoms with van der Waals surface area (Å²) in [6.45, 7) is 5.49. The standard InChI is InChI=1S/C30H33NO8/c1-30(2)10-9-19-22(39-30)16-25-27(29(19)36-12-5-6-26(32)33)28(34)20-14-23(35-13-11-31(3)4)24(15-21(20)38-25)37-17-18-7-8-18/h5-6,9-10,14-16,18H,7-8,11-13,17H2,1-4H3,(H,32,33). The Morgan fingerprint density at radius 2 is 1.90 bits per heavy atom. The maximum absolute atomic E-state index is 14.0. The number of benzene rings is 2. The first-order chi connectivity index (χ1) is 18.6. The molecule has 0 amide bonds. The maximum Gasteiger partial charge on any atom is 0.328 e. The van der Waals surface area contributed by atoms with Crippen molar-refractivity contribution >= 4 is 34.0 Å². The topological polar surface area (TPSA) is 108 Å². The molecule has 1 fully saturated rings. The Labute approximate surface area is 226 Å². The Balaban J connectivity index is 1.65. The normalized spacial score (nSPS) is 16.0. The molecule has 5 rings (SSSR count). The minimum Gasteiger partial charge on any atom is -0.489 e. The van der Waals surface area contributed by atoms with Gasteiger partial charge in [-0.3, -0.25) is 4.79 Å². The number of carboxylic acids is 1. The lowest BCUT2D eigenvalue weighted by molar-refractivity contribution is -0.131. The molecule has 2 aliphatic rings. The van der Waals surface area contributed by atoms with Crippen LogP contribution in [0.4, 0.5) is 0 Å². The van der Waals surface area contributed by atoms with E-state index in [2.05, 4.69) is 0 Å². The van der Waals surface area contributed by atoms with E-state index in [0.717, 1.165) is 18.9 Å². The predicted molar refractivity (Wildman–Crippen MR) is 148 cm³/mol. The monoisotopic (exact) mass is 535 g/mol. The second kappa shape index (κ2) is 10.6. The van der Waals surface area contributed by atoms with E-state index >= 15 is 0 Å². The first kappa shape index (κ1) is 26.6. The van der Waals surface area contributed by atoms with Crippen LogP contribution in [0.5, 0.6) is 23.0 Å². The van der Waals surface area contributed by atoms with E-state index in [1.165, 1.54) is 6.08 Å². The summed E-state index contributed by atoms with van der Waals surface area (Å²) in [7, 11) is 3.92. The molecule has 0 spiro atoms. The summed E-state index contributed by atoms with van der Waals surface area (Å²) in [6.07, 6.45) is 8.38. The molecule has 1 aliphatic carbocycles. The number of hydrogen-bond acceptors (Lipinski definition) is 8. The third-order valence-electron chi connectivity index (χ3n) is 6.56. The lowest BCUT2D eigenvalue weighted by Crippen LogP contribution is -2.27. The van der Waals surface area contributed by atoms with Gasteiger partial charge in [0.2, 0.25) is 5.43 Å². The maximum atomic E-state index is 14.0. The van der Waals surface area contributed by atoms with Gasteiger partial charge >= 0.3 is 5.97 Å². The lowest BCUT2D eigenvalue weighted by atomic mass is 9.99. The highest BCUT2D eigenvalue weighted by Crippen LogP contribution is 2.43. The predicted octanol–water partition coefficient (Wildman–Crippen LogP) is 4.88. The minimum atomic E-state index is -1.09. The number of ether oxygens (including phenoxy) is 4. The Hall–Kier alpha value is -3.98. The van der Waals surface area contributed by atoms with Crippen molar-refractivity contribution in [1.29, 1.82) is 0 Å². The molecule has 9 nitrogen and oxygen atoms in total. The van der Waals surface area contributed by atoms with Crippen LogP contribution in [0.25, 0.3) is 28.0 Å². The summed E-state index contributed by atoms with van der Waals surface area (Å²) >= 11 is 0. The second-order valence-electron chi connectivity index (χ2n) is 10.7. The van der Waals surface area contributed by atoms with Crippen LogP contribution in [-0.2, 0) is 4.79 Å². The summed E-state index contributed by atoms with van der Waals surface area (Å²) in [5, 5.41) is 9.51. The van der Waals surface area contributed by atoms with E-state index in [9.17, 15) is 9.59 Å². The van der Waals surface area contributed by atoms with Crippen molar-refractivity contribution < 1.29 is 33.3 Å². The number of carboxylic acid groups (broad SMARTS) is 1. The molecule has 0 atom stereocenters. The number of likely N-dealkylation sites (N-methyl/N-ethyl adjacent to an activating group) is 1. The van der Waals surface area contributed by atoms with E-state index in [1.54, 1.807) is 18.2 Å². The van der Waals surface area contributed by atoms with Crippen molar-refractivity contribution in [3.8, 4) is 23.0 Å². The van der Waals surface area contributed by atoms with Gasteiger partial charge in [0.1, 0.15) is 46.9 Å². The van der Waals surface area contributed by atoms with Crippen molar-refractivity contribution in [2.24, 2.45) is 5.92 Å². The van der Waals surface area contributed by atoms with Gasteiger partial charge in [-0.1, -0.05) is 0 Å². The van der Waals surface area contributed by atoms with Crippen LogP contribution in [0, 0.1) is 5.92 Å². The van der Waals surface area contributed by atoms with Crippen molar-refractivity contribution in [1.82, 2.24) is 4.90 Å².